The maximum Gasteiger partial charge on any atom is 0.363 e. The molecule has 0 amide bonds. The number of rotatable bonds is 1. The zero-order valence-corrected chi connectivity index (χ0v) is 14.6. The van der Waals surface area contributed by atoms with Gasteiger partial charge in [-0.05, 0) is 42.0 Å². The highest BCUT2D eigenvalue weighted by Gasteiger charge is 2.19. The summed E-state index contributed by atoms with van der Waals surface area (Å²) in [5, 5.41) is 3.65. The number of halogens is 1. The maximum atomic E-state index is 8.49. The van der Waals surface area contributed by atoms with E-state index >= 15 is 0 Å². The van der Waals surface area contributed by atoms with Crippen molar-refractivity contribution in [3.05, 3.63) is 78.4 Å². The molecule has 4 rings (SSSR count). The summed E-state index contributed by atoms with van der Waals surface area (Å²) in [7, 11) is -4.94. The second-order valence-electron chi connectivity index (χ2n) is 5.70. The van der Waals surface area contributed by atoms with Crippen LogP contribution < -0.4 is 18.6 Å². The highest BCUT2D eigenvalue weighted by molar-refractivity contribution is 6.06. The molecule has 0 N–H and O–H groups in total. The first-order valence-corrected chi connectivity index (χ1v) is 8.99. The van der Waals surface area contributed by atoms with Crippen molar-refractivity contribution in [1.82, 2.24) is 0 Å². The first kappa shape index (κ1) is 18.3. The van der Waals surface area contributed by atoms with E-state index in [-0.39, 0.29) is 0 Å². The molecule has 0 unspecified atom stereocenters. The van der Waals surface area contributed by atoms with Crippen LogP contribution in [-0.2, 0) is 0 Å². The lowest BCUT2D eigenvalue weighted by Gasteiger charge is -2.17. The van der Waals surface area contributed by atoms with Gasteiger partial charge in [0.15, 0.2) is 0 Å². The van der Waals surface area contributed by atoms with Gasteiger partial charge in [-0.2, -0.15) is 0 Å². The number of benzene rings is 3. The van der Waals surface area contributed by atoms with Crippen molar-refractivity contribution >= 4 is 21.7 Å². The van der Waals surface area contributed by atoms with E-state index in [1.165, 1.54) is 16.2 Å². The van der Waals surface area contributed by atoms with Gasteiger partial charge in [0.05, 0.1) is 16.5 Å². The summed E-state index contributed by atoms with van der Waals surface area (Å²) in [6, 6.07) is 25.1. The zero-order valence-electron chi connectivity index (χ0n) is 13.8. The van der Waals surface area contributed by atoms with Crippen molar-refractivity contribution in [1.29, 1.82) is 0 Å². The Labute approximate surface area is 152 Å². The molecule has 1 aromatic heterocycles. The number of aryl methyl sites for hydroxylation is 1. The van der Waals surface area contributed by atoms with Crippen LogP contribution in [0.15, 0.2) is 77.2 Å². The monoisotopic (exact) mass is 370 g/mol. The van der Waals surface area contributed by atoms with Crippen LogP contribution in [0.2, 0.25) is 0 Å². The minimum atomic E-state index is -4.94. The van der Waals surface area contributed by atoms with Gasteiger partial charge in [-0.15, -0.1) is 10.2 Å². The maximum absolute atomic E-state index is 8.49. The molecule has 0 bridgehead atoms. The zero-order chi connectivity index (χ0) is 18.7. The van der Waals surface area contributed by atoms with Crippen LogP contribution in [0.3, 0.4) is 0 Å². The second kappa shape index (κ2) is 7.37. The predicted molar refractivity (Wildman–Crippen MR) is 88.3 cm³/mol. The number of hydrogen-bond acceptors (Lipinski definition) is 4. The average molecular weight is 371 g/mol. The van der Waals surface area contributed by atoms with Crippen LogP contribution in [0.25, 0.3) is 33.1 Å². The van der Waals surface area contributed by atoms with Gasteiger partial charge in [0.1, 0.15) is 0 Å². The molecule has 0 fully saturated rings. The van der Waals surface area contributed by atoms with Gasteiger partial charge < -0.3 is 0 Å². The number of fused-ring (bicyclic) bond motifs is 3. The third-order valence-corrected chi connectivity index (χ3v) is 3.90. The van der Waals surface area contributed by atoms with Gasteiger partial charge in [0.25, 0.3) is 0 Å². The van der Waals surface area contributed by atoms with E-state index in [1.807, 2.05) is 18.2 Å². The molecule has 5 nitrogen and oxygen atoms in total. The Morgan fingerprint density at radius 2 is 1.35 bits per heavy atom. The Balaban J connectivity index is 0.000000349. The van der Waals surface area contributed by atoms with E-state index in [2.05, 4.69) is 61.5 Å². The van der Waals surface area contributed by atoms with Crippen LogP contribution in [0.1, 0.15) is 5.56 Å². The highest BCUT2D eigenvalue weighted by atomic mass is 35.7. The lowest BCUT2D eigenvalue weighted by Crippen LogP contribution is -2.68. The molecule has 26 heavy (non-hydrogen) atoms. The van der Waals surface area contributed by atoms with E-state index in [9.17, 15) is 0 Å². The average Bonchev–Trinajstić information content (AvgIpc) is 2.60. The first-order chi connectivity index (χ1) is 12.3. The Kier molecular flexibility index (Phi) is 5.18. The number of hydrogen-bond donors (Lipinski definition) is 0. The van der Waals surface area contributed by atoms with Gasteiger partial charge in [0.2, 0.25) is 0 Å². The lowest BCUT2D eigenvalue weighted by atomic mass is 10.0. The molecule has 3 aromatic carbocycles. The van der Waals surface area contributed by atoms with Crippen molar-refractivity contribution < 1.29 is 33.3 Å². The van der Waals surface area contributed by atoms with Crippen molar-refractivity contribution in [2.24, 2.45) is 0 Å². The Bertz CT molecular complexity index is 1040. The van der Waals surface area contributed by atoms with Gasteiger partial charge in [0, 0.05) is 6.07 Å². The normalized spacial score (nSPS) is 11.3. The molecule has 0 aliphatic heterocycles. The van der Waals surface area contributed by atoms with Crippen molar-refractivity contribution in [3.8, 4) is 11.3 Å². The molecule has 0 spiro atoms. The van der Waals surface area contributed by atoms with E-state index in [0.717, 1.165) is 22.5 Å². The Morgan fingerprint density at radius 1 is 0.731 bits per heavy atom. The SMILES string of the molecule is Cc1cc2c(ccc3ccccc32)[o+]c1-c1ccccc1.[O-][Cl+3]([O-])([O-])[O-]. The first-order valence-electron chi connectivity index (χ1n) is 7.75. The van der Waals surface area contributed by atoms with Gasteiger partial charge in [-0.3, -0.25) is 0 Å². The Morgan fingerprint density at radius 3 is 2.04 bits per heavy atom. The smallest absolute Gasteiger partial charge is 0.222 e. The fourth-order valence-electron chi connectivity index (χ4n) is 2.86. The molecule has 0 aliphatic carbocycles. The highest BCUT2D eigenvalue weighted by Crippen LogP contribution is 2.32. The summed E-state index contributed by atoms with van der Waals surface area (Å²) >= 11 is 0. The van der Waals surface area contributed by atoms with Gasteiger partial charge >= 0.3 is 11.3 Å². The fraction of sp³-hybridized carbons (Fsp3) is 0.0500. The second-order valence-corrected chi connectivity index (χ2v) is 6.46. The summed E-state index contributed by atoms with van der Waals surface area (Å²) < 4.78 is 40.2. The van der Waals surface area contributed by atoms with Crippen molar-refractivity contribution in [3.63, 3.8) is 0 Å². The predicted octanol–water partition coefficient (Wildman–Crippen LogP) is 1.09. The summed E-state index contributed by atoms with van der Waals surface area (Å²) in [5.41, 5.74) is 3.20. The minimum absolute atomic E-state index is 0.929. The molecular formula is C20H15ClO5. The van der Waals surface area contributed by atoms with E-state index in [0.29, 0.717) is 0 Å². The molecule has 0 aliphatic rings. The quantitative estimate of drug-likeness (QED) is 0.368. The fourth-order valence-corrected chi connectivity index (χ4v) is 2.86. The third kappa shape index (κ3) is 4.35. The van der Waals surface area contributed by atoms with Gasteiger partial charge in [-0.25, -0.2) is 23.1 Å². The van der Waals surface area contributed by atoms with Crippen LogP contribution in [0, 0.1) is 17.2 Å². The standard InChI is InChI=1S/C20H15O.ClHO4/c1-14-13-18-17-10-6-5-7-15(17)11-12-19(18)21-20(14)16-8-3-2-4-9-16;2-1(3,4)5/h2-13H,1H3;(H,2,3,4,5)/q+1;/p-1. The van der Waals surface area contributed by atoms with Gasteiger partial charge in [-0.1, -0.05) is 42.5 Å². The summed E-state index contributed by atoms with van der Waals surface area (Å²) in [5.74, 6) is 0.943. The topological polar surface area (TPSA) is 104 Å². The summed E-state index contributed by atoms with van der Waals surface area (Å²) in [6.45, 7) is 2.10. The third-order valence-electron chi connectivity index (χ3n) is 3.90. The molecule has 132 valence electrons. The molecular weight excluding hydrogens is 356 g/mol. The molecule has 0 atom stereocenters. The molecule has 6 heteroatoms. The van der Waals surface area contributed by atoms with Crippen LogP contribution >= 0.6 is 0 Å². The van der Waals surface area contributed by atoms with E-state index in [4.69, 9.17) is 23.1 Å². The molecule has 4 aromatic rings. The molecule has 0 radical (unpaired) electrons. The molecule has 0 saturated heterocycles. The van der Waals surface area contributed by atoms with Crippen molar-refractivity contribution in [2.75, 3.05) is 0 Å². The van der Waals surface area contributed by atoms with E-state index < -0.39 is 10.2 Å². The van der Waals surface area contributed by atoms with Crippen molar-refractivity contribution in [2.45, 2.75) is 6.92 Å². The van der Waals surface area contributed by atoms with Crippen LogP contribution in [0.4, 0.5) is 0 Å². The van der Waals surface area contributed by atoms with Crippen LogP contribution in [-0.4, -0.2) is 0 Å². The minimum Gasteiger partial charge on any atom is -0.222 e. The Hall–Kier alpha value is -2.54. The molecule has 0 saturated carbocycles. The summed E-state index contributed by atoms with van der Waals surface area (Å²) in [4.78, 5) is 0. The largest absolute Gasteiger partial charge is 0.363 e. The lowest BCUT2D eigenvalue weighted by molar-refractivity contribution is -2.00. The van der Waals surface area contributed by atoms with E-state index in [1.54, 1.807) is 0 Å². The summed E-state index contributed by atoms with van der Waals surface area (Å²) in [6.07, 6.45) is 0. The molecule has 1 heterocycles. The van der Waals surface area contributed by atoms with Crippen LogP contribution in [0.5, 0.6) is 0 Å².